The fourth-order valence-corrected chi connectivity index (χ4v) is 3.04. The summed E-state index contributed by atoms with van der Waals surface area (Å²) < 4.78 is 6.95. The van der Waals surface area contributed by atoms with Crippen molar-refractivity contribution < 1.29 is 14.3 Å². The van der Waals surface area contributed by atoms with Crippen molar-refractivity contribution in [2.45, 2.75) is 6.54 Å². The number of ether oxygens (including phenoxy) is 1. The summed E-state index contributed by atoms with van der Waals surface area (Å²) in [5, 5.41) is 2.83. The van der Waals surface area contributed by atoms with Crippen LogP contribution in [0.5, 0.6) is 0 Å². The number of fused-ring (bicyclic) bond motifs is 1. The van der Waals surface area contributed by atoms with Gasteiger partial charge in [-0.2, -0.15) is 0 Å². The van der Waals surface area contributed by atoms with Gasteiger partial charge in [0.1, 0.15) is 0 Å². The van der Waals surface area contributed by atoms with Gasteiger partial charge in [0.05, 0.1) is 18.7 Å². The van der Waals surface area contributed by atoms with E-state index in [-0.39, 0.29) is 23.3 Å². The van der Waals surface area contributed by atoms with Gasteiger partial charge in [0.15, 0.2) is 5.69 Å². The van der Waals surface area contributed by atoms with Crippen molar-refractivity contribution in [1.82, 2.24) is 24.6 Å². The maximum Gasteiger partial charge on any atom is 0.287 e. The van der Waals surface area contributed by atoms with E-state index < -0.39 is 0 Å². The van der Waals surface area contributed by atoms with Crippen molar-refractivity contribution in [3.8, 4) is 0 Å². The molecular formula is C19H19N5O3. The second-order valence-electron chi connectivity index (χ2n) is 6.19. The summed E-state index contributed by atoms with van der Waals surface area (Å²) in [5.74, 6) is -0.347. The van der Waals surface area contributed by atoms with Gasteiger partial charge in [-0.1, -0.05) is 12.1 Å². The molecule has 4 rings (SSSR count). The van der Waals surface area contributed by atoms with Crippen molar-refractivity contribution in [3.63, 3.8) is 0 Å². The lowest BCUT2D eigenvalue weighted by molar-refractivity contribution is 0.0300. The number of imidazole rings is 1. The Hall–Kier alpha value is -3.26. The van der Waals surface area contributed by atoms with Gasteiger partial charge in [-0.15, -0.1) is 0 Å². The quantitative estimate of drug-likeness (QED) is 0.749. The normalized spacial score (nSPS) is 14.3. The van der Waals surface area contributed by atoms with Gasteiger partial charge in [-0.25, -0.2) is 4.98 Å². The number of carbonyl (C=O) groups excluding carboxylic acids is 2. The van der Waals surface area contributed by atoms with Crippen LogP contribution >= 0.6 is 0 Å². The number of amides is 2. The summed E-state index contributed by atoms with van der Waals surface area (Å²) in [6.45, 7) is 2.40. The Morgan fingerprint density at radius 3 is 2.78 bits per heavy atom. The Bertz CT molecular complexity index is 964. The smallest absolute Gasteiger partial charge is 0.287 e. The molecule has 0 aromatic carbocycles. The molecule has 0 bridgehead atoms. The van der Waals surface area contributed by atoms with Crippen molar-refractivity contribution >= 4 is 17.3 Å². The maximum atomic E-state index is 12.9. The highest BCUT2D eigenvalue weighted by molar-refractivity contribution is 6.02. The molecule has 1 N–H and O–H groups in total. The van der Waals surface area contributed by atoms with Crippen LogP contribution in [0.25, 0.3) is 5.52 Å². The van der Waals surface area contributed by atoms with E-state index in [0.29, 0.717) is 38.4 Å². The monoisotopic (exact) mass is 365 g/mol. The lowest BCUT2D eigenvalue weighted by Crippen LogP contribution is -2.41. The van der Waals surface area contributed by atoms with Crippen LogP contribution in [-0.2, 0) is 11.3 Å². The maximum absolute atomic E-state index is 12.9. The molecule has 27 heavy (non-hydrogen) atoms. The molecule has 3 aromatic heterocycles. The second-order valence-corrected chi connectivity index (χ2v) is 6.19. The number of aromatic nitrogens is 3. The van der Waals surface area contributed by atoms with E-state index in [1.54, 1.807) is 40.0 Å². The minimum Gasteiger partial charge on any atom is -0.378 e. The molecule has 138 valence electrons. The first-order chi connectivity index (χ1) is 13.2. The van der Waals surface area contributed by atoms with Crippen LogP contribution in [0.3, 0.4) is 0 Å². The molecule has 1 fully saturated rings. The molecular weight excluding hydrogens is 346 g/mol. The highest BCUT2D eigenvalue weighted by Gasteiger charge is 2.26. The number of pyridine rings is 2. The first-order valence-electron chi connectivity index (χ1n) is 8.75. The molecule has 4 heterocycles. The van der Waals surface area contributed by atoms with Gasteiger partial charge in [0.25, 0.3) is 11.8 Å². The summed E-state index contributed by atoms with van der Waals surface area (Å²) >= 11 is 0. The number of nitrogens with one attached hydrogen (secondary N) is 1. The summed E-state index contributed by atoms with van der Waals surface area (Å²) in [7, 11) is 0. The highest BCUT2D eigenvalue weighted by Crippen LogP contribution is 2.16. The van der Waals surface area contributed by atoms with Crippen LogP contribution in [0.15, 0.2) is 48.9 Å². The molecule has 0 aliphatic carbocycles. The van der Waals surface area contributed by atoms with Gasteiger partial charge >= 0.3 is 0 Å². The lowest BCUT2D eigenvalue weighted by atomic mass is 10.3. The molecule has 3 aromatic rings. The standard InChI is InChI=1S/C19H19N5O3/c25-18(21-13-14-4-3-6-20-12-14)17-22-16(15-5-1-2-7-24(15)17)19(26)23-8-10-27-11-9-23/h1-7,12H,8-11,13H2,(H,21,25). The predicted octanol–water partition coefficient (Wildman–Crippen LogP) is 1.13. The Morgan fingerprint density at radius 2 is 2.00 bits per heavy atom. The van der Waals surface area contributed by atoms with Gasteiger partial charge in [0, 0.05) is 38.2 Å². The fraction of sp³-hybridized carbons (Fsp3) is 0.263. The Labute approximate surface area is 155 Å². The van der Waals surface area contributed by atoms with E-state index in [9.17, 15) is 9.59 Å². The molecule has 0 unspecified atom stereocenters. The van der Waals surface area contributed by atoms with E-state index >= 15 is 0 Å². The Balaban J connectivity index is 1.61. The number of nitrogens with zero attached hydrogens (tertiary/aromatic N) is 4. The summed E-state index contributed by atoms with van der Waals surface area (Å²) in [4.78, 5) is 35.7. The highest BCUT2D eigenvalue weighted by atomic mass is 16.5. The van der Waals surface area contributed by atoms with Crippen molar-refractivity contribution in [3.05, 3.63) is 66.0 Å². The number of rotatable bonds is 4. The molecule has 1 aliphatic rings. The van der Waals surface area contributed by atoms with Gasteiger partial charge in [0.2, 0.25) is 5.82 Å². The predicted molar refractivity (Wildman–Crippen MR) is 97.3 cm³/mol. The Morgan fingerprint density at radius 1 is 1.15 bits per heavy atom. The van der Waals surface area contributed by atoms with Crippen LogP contribution < -0.4 is 5.32 Å². The molecule has 0 saturated carbocycles. The zero-order chi connectivity index (χ0) is 18.6. The number of hydrogen-bond acceptors (Lipinski definition) is 5. The summed E-state index contributed by atoms with van der Waals surface area (Å²) in [6, 6.07) is 9.11. The van der Waals surface area contributed by atoms with E-state index in [1.807, 2.05) is 18.2 Å². The molecule has 8 nitrogen and oxygen atoms in total. The molecule has 1 saturated heterocycles. The third-order valence-corrected chi connectivity index (χ3v) is 4.43. The van der Waals surface area contributed by atoms with Crippen molar-refractivity contribution in [1.29, 1.82) is 0 Å². The van der Waals surface area contributed by atoms with Gasteiger partial charge < -0.3 is 15.0 Å². The van der Waals surface area contributed by atoms with Crippen LogP contribution in [0, 0.1) is 0 Å². The lowest BCUT2D eigenvalue weighted by Gasteiger charge is -2.26. The molecule has 0 atom stereocenters. The summed E-state index contributed by atoms with van der Waals surface area (Å²) in [6.07, 6.45) is 5.10. The largest absolute Gasteiger partial charge is 0.378 e. The second kappa shape index (κ2) is 7.55. The van der Waals surface area contributed by atoms with Crippen LogP contribution in [-0.4, -0.2) is 57.4 Å². The number of carbonyl (C=O) groups is 2. The summed E-state index contributed by atoms with van der Waals surface area (Å²) in [5.41, 5.74) is 1.78. The average molecular weight is 365 g/mol. The molecule has 1 aliphatic heterocycles. The molecule has 8 heteroatoms. The Kier molecular flexibility index (Phi) is 4.80. The SMILES string of the molecule is O=C(NCc1cccnc1)c1nc(C(=O)N2CCOCC2)c2ccccn12. The zero-order valence-corrected chi connectivity index (χ0v) is 14.7. The van der Waals surface area contributed by atoms with E-state index in [1.165, 1.54) is 0 Å². The third-order valence-electron chi connectivity index (χ3n) is 4.43. The minimum atomic E-state index is -0.346. The van der Waals surface area contributed by atoms with Crippen molar-refractivity contribution in [2.24, 2.45) is 0 Å². The van der Waals surface area contributed by atoms with Crippen molar-refractivity contribution in [2.75, 3.05) is 26.3 Å². The van der Waals surface area contributed by atoms with Crippen LogP contribution in [0.1, 0.15) is 26.7 Å². The first-order valence-corrected chi connectivity index (χ1v) is 8.75. The molecule has 2 amide bonds. The average Bonchev–Trinajstić information content (AvgIpc) is 3.13. The van der Waals surface area contributed by atoms with E-state index in [0.717, 1.165) is 5.56 Å². The third kappa shape index (κ3) is 3.52. The zero-order valence-electron chi connectivity index (χ0n) is 14.7. The first kappa shape index (κ1) is 17.2. The number of morpholine rings is 1. The number of hydrogen-bond donors (Lipinski definition) is 1. The van der Waals surface area contributed by atoms with Gasteiger partial charge in [-0.05, 0) is 23.8 Å². The van der Waals surface area contributed by atoms with E-state index in [4.69, 9.17) is 4.74 Å². The molecule has 0 radical (unpaired) electrons. The minimum absolute atomic E-state index is 0.186. The molecule has 0 spiro atoms. The van der Waals surface area contributed by atoms with Gasteiger partial charge in [-0.3, -0.25) is 19.0 Å². The fourth-order valence-electron chi connectivity index (χ4n) is 3.04. The van der Waals surface area contributed by atoms with Crippen LogP contribution in [0.2, 0.25) is 0 Å². The topological polar surface area (TPSA) is 88.8 Å². The van der Waals surface area contributed by atoms with E-state index in [2.05, 4.69) is 15.3 Å². The van der Waals surface area contributed by atoms with Crippen LogP contribution in [0.4, 0.5) is 0 Å².